The molecule has 3 heteroatoms. The molecule has 1 atom stereocenters. The van der Waals surface area contributed by atoms with E-state index in [9.17, 15) is 4.79 Å². The van der Waals surface area contributed by atoms with Crippen molar-refractivity contribution in [3.63, 3.8) is 0 Å². The molecule has 0 aliphatic heterocycles. The van der Waals surface area contributed by atoms with E-state index in [4.69, 9.17) is 4.42 Å². The number of Topliss-reactive ketones (excluding diaryl/α,β-unsaturated/α-hetero) is 1. The molecule has 3 nitrogen and oxygen atoms in total. The molecule has 1 N–H and O–H groups in total. The van der Waals surface area contributed by atoms with Crippen LogP contribution in [0.1, 0.15) is 52.7 Å². The lowest BCUT2D eigenvalue weighted by Crippen LogP contribution is -2.17. The highest BCUT2D eigenvalue weighted by Gasteiger charge is 2.11. The quantitative estimate of drug-likeness (QED) is 0.589. The van der Waals surface area contributed by atoms with Crippen LogP contribution in [0.5, 0.6) is 0 Å². The van der Waals surface area contributed by atoms with E-state index in [1.807, 2.05) is 37.3 Å². The summed E-state index contributed by atoms with van der Waals surface area (Å²) in [6.07, 6.45) is 0. The summed E-state index contributed by atoms with van der Waals surface area (Å²) in [4.78, 5) is 11.7. The molecule has 0 bridgehead atoms. The third-order valence-electron chi connectivity index (χ3n) is 4.72. The van der Waals surface area contributed by atoms with Crippen LogP contribution in [-0.2, 0) is 6.54 Å². The Morgan fingerprint density at radius 3 is 2.46 bits per heavy atom. The van der Waals surface area contributed by atoms with E-state index in [1.165, 1.54) is 11.1 Å². The average Bonchev–Trinajstić information content (AvgIpc) is 3.09. The summed E-state index contributed by atoms with van der Waals surface area (Å²) < 4.78 is 5.98. The van der Waals surface area contributed by atoms with Crippen LogP contribution >= 0.6 is 0 Å². The van der Waals surface area contributed by atoms with Crippen LogP contribution in [0.2, 0.25) is 0 Å². The van der Waals surface area contributed by atoms with E-state index >= 15 is 0 Å². The number of ketones is 1. The minimum atomic E-state index is 0.0738. The third kappa shape index (κ3) is 4.12. The monoisotopic (exact) mass is 347 g/mol. The number of carbonyl (C=O) groups is 1. The van der Waals surface area contributed by atoms with E-state index in [2.05, 4.69) is 43.4 Å². The first-order chi connectivity index (χ1) is 12.4. The minimum absolute atomic E-state index is 0.0738. The number of nitrogens with one attached hydrogen (secondary N) is 1. The van der Waals surface area contributed by atoms with Crippen LogP contribution < -0.4 is 5.32 Å². The fourth-order valence-electron chi connectivity index (χ4n) is 3.01. The maximum atomic E-state index is 11.7. The zero-order chi connectivity index (χ0) is 18.7. The van der Waals surface area contributed by atoms with Crippen molar-refractivity contribution in [2.24, 2.45) is 0 Å². The van der Waals surface area contributed by atoms with Gasteiger partial charge in [0.15, 0.2) is 5.78 Å². The Kier molecular flexibility index (Phi) is 5.38. The van der Waals surface area contributed by atoms with Crippen LogP contribution in [0.3, 0.4) is 0 Å². The van der Waals surface area contributed by atoms with Crippen molar-refractivity contribution >= 4 is 5.78 Å². The minimum Gasteiger partial charge on any atom is -0.460 e. The topological polar surface area (TPSA) is 42.2 Å². The Hall–Kier alpha value is -2.65. The van der Waals surface area contributed by atoms with E-state index in [0.717, 1.165) is 28.2 Å². The van der Waals surface area contributed by atoms with Crippen LogP contribution in [0.15, 0.2) is 59.0 Å². The fraction of sp³-hybridized carbons (Fsp3) is 0.261. The van der Waals surface area contributed by atoms with Crippen LogP contribution in [-0.4, -0.2) is 5.78 Å². The molecule has 0 spiro atoms. The van der Waals surface area contributed by atoms with Gasteiger partial charge in [-0.25, -0.2) is 0 Å². The second kappa shape index (κ2) is 7.71. The predicted molar refractivity (Wildman–Crippen MR) is 105 cm³/mol. The molecule has 0 aliphatic rings. The van der Waals surface area contributed by atoms with Gasteiger partial charge in [-0.15, -0.1) is 0 Å². The van der Waals surface area contributed by atoms with Gasteiger partial charge in [0.1, 0.15) is 11.5 Å². The Balaban J connectivity index is 1.69. The molecule has 1 heterocycles. The van der Waals surface area contributed by atoms with Crippen molar-refractivity contribution in [2.75, 3.05) is 0 Å². The summed E-state index contributed by atoms with van der Waals surface area (Å²) in [7, 11) is 0. The number of furan rings is 1. The maximum Gasteiger partial charge on any atom is 0.160 e. The lowest BCUT2D eigenvalue weighted by atomic mass is 10.0. The summed E-state index contributed by atoms with van der Waals surface area (Å²) >= 11 is 0. The summed E-state index contributed by atoms with van der Waals surface area (Å²) in [5.41, 5.74) is 5.18. The molecule has 3 aromatic rings. The van der Waals surface area contributed by atoms with E-state index in [-0.39, 0.29) is 11.8 Å². The van der Waals surface area contributed by atoms with Gasteiger partial charge < -0.3 is 9.73 Å². The Bertz CT molecular complexity index is 906. The molecule has 0 aliphatic carbocycles. The van der Waals surface area contributed by atoms with Crippen molar-refractivity contribution in [2.45, 2.75) is 40.3 Å². The molecule has 0 saturated carbocycles. The van der Waals surface area contributed by atoms with Crippen LogP contribution in [0.25, 0.3) is 11.3 Å². The van der Waals surface area contributed by atoms with E-state index in [1.54, 1.807) is 6.92 Å². The first-order valence-corrected chi connectivity index (χ1v) is 8.94. The molecule has 1 aromatic heterocycles. The third-order valence-corrected chi connectivity index (χ3v) is 4.72. The number of hydrogen-bond donors (Lipinski definition) is 1. The molecular formula is C23H25NO2. The van der Waals surface area contributed by atoms with Gasteiger partial charge in [0.05, 0.1) is 6.54 Å². The van der Waals surface area contributed by atoms with Gasteiger partial charge in [0.25, 0.3) is 0 Å². The highest BCUT2D eigenvalue weighted by Crippen LogP contribution is 2.25. The second-order valence-electron chi connectivity index (χ2n) is 6.87. The predicted octanol–water partition coefficient (Wildman–Crippen LogP) is 5.62. The van der Waals surface area contributed by atoms with Crippen molar-refractivity contribution < 1.29 is 9.21 Å². The van der Waals surface area contributed by atoms with Crippen molar-refractivity contribution in [3.8, 4) is 11.3 Å². The summed E-state index contributed by atoms with van der Waals surface area (Å²) in [5, 5.41) is 3.49. The van der Waals surface area contributed by atoms with E-state index < -0.39 is 0 Å². The zero-order valence-electron chi connectivity index (χ0n) is 15.8. The zero-order valence-corrected chi connectivity index (χ0v) is 15.8. The first-order valence-electron chi connectivity index (χ1n) is 8.94. The number of hydrogen-bond acceptors (Lipinski definition) is 3. The maximum absolute atomic E-state index is 11.7. The van der Waals surface area contributed by atoms with Crippen molar-refractivity contribution in [1.82, 2.24) is 5.32 Å². The van der Waals surface area contributed by atoms with Gasteiger partial charge in [-0.3, -0.25) is 4.79 Å². The summed E-state index contributed by atoms with van der Waals surface area (Å²) in [6, 6.07) is 18.6. The number of benzene rings is 2. The summed E-state index contributed by atoms with van der Waals surface area (Å²) in [6.45, 7) is 8.43. The highest BCUT2D eigenvalue weighted by atomic mass is 16.3. The SMILES string of the molecule is CC(=O)c1cc(-c2ccc(CNC(C)c3ccc(C)cc3)o2)ccc1C. The van der Waals surface area contributed by atoms with Gasteiger partial charge in [-0.2, -0.15) is 0 Å². The Labute approximate surface area is 155 Å². The van der Waals surface area contributed by atoms with Gasteiger partial charge in [-0.1, -0.05) is 42.0 Å². The van der Waals surface area contributed by atoms with Gasteiger partial charge in [0.2, 0.25) is 0 Å². The smallest absolute Gasteiger partial charge is 0.160 e. The normalized spacial score (nSPS) is 12.2. The largest absolute Gasteiger partial charge is 0.460 e. The standard InChI is InChI=1S/C23H25NO2/c1-15-5-8-19(9-6-15)17(3)24-14-21-11-12-23(26-21)20-10-7-16(2)22(13-20)18(4)25/h5-13,17,24H,14H2,1-4H3. The molecule has 0 amide bonds. The van der Waals surface area contributed by atoms with E-state index in [0.29, 0.717) is 6.54 Å². The van der Waals surface area contributed by atoms with Crippen LogP contribution in [0, 0.1) is 13.8 Å². The molecular weight excluding hydrogens is 322 g/mol. The molecule has 3 rings (SSSR count). The average molecular weight is 347 g/mol. The Morgan fingerprint density at radius 2 is 1.77 bits per heavy atom. The molecule has 0 radical (unpaired) electrons. The number of carbonyl (C=O) groups excluding carboxylic acids is 1. The molecule has 0 saturated heterocycles. The Morgan fingerprint density at radius 1 is 1.04 bits per heavy atom. The number of rotatable bonds is 6. The molecule has 2 aromatic carbocycles. The van der Waals surface area contributed by atoms with Gasteiger partial charge in [0, 0.05) is 17.2 Å². The first kappa shape index (κ1) is 18.2. The molecule has 134 valence electrons. The number of aryl methyl sites for hydroxylation is 2. The molecule has 0 fully saturated rings. The highest BCUT2D eigenvalue weighted by molar-refractivity contribution is 5.96. The van der Waals surface area contributed by atoms with Crippen molar-refractivity contribution in [3.05, 3.63) is 82.6 Å². The molecule has 26 heavy (non-hydrogen) atoms. The lowest BCUT2D eigenvalue weighted by molar-refractivity contribution is 0.101. The fourth-order valence-corrected chi connectivity index (χ4v) is 3.01. The summed E-state index contributed by atoms with van der Waals surface area (Å²) in [5.74, 6) is 1.74. The van der Waals surface area contributed by atoms with Gasteiger partial charge >= 0.3 is 0 Å². The van der Waals surface area contributed by atoms with Crippen molar-refractivity contribution in [1.29, 1.82) is 0 Å². The van der Waals surface area contributed by atoms with Gasteiger partial charge in [-0.05, 0) is 57.0 Å². The lowest BCUT2D eigenvalue weighted by Gasteiger charge is -2.13. The molecule has 1 unspecified atom stereocenters. The second-order valence-corrected chi connectivity index (χ2v) is 6.87. The van der Waals surface area contributed by atoms with Crippen LogP contribution in [0.4, 0.5) is 0 Å².